The second-order valence-electron chi connectivity index (χ2n) is 8.66. The number of alkyl halides is 2. The minimum atomic E-state index is -3.05. The lowest BCUT2D eigenvalue weighted by atomic mass is 9.88. The topological polar surface area (TPSA) is 102 Å². The van der Waals surface area contributed by atoms with Crippen LogP contribution >= 0.6 is 0 Å². The van der Waals surface area contributed by atoms with Crippen LogP contribution in [0, 0.1) is 25.6 Å². The Labute approximate surface area is 194 Å². The Bertz CT molecular complexity index is 1180. The van der Waals surface area contributed by atoms with Gasteiger partial charge >= 0.3 is 0 Å². The summed E-state index contributed by atoms with van der Waals surface area (Å²) >= 11 is 0. The molecule has 180 valence electrons. The van der Waals surface area contributed by atoms with Crippen LogP contribution in [0.4, 0.5) is 19.1 Å². The zero-order chi connectivity index (χ0) is 24.6. The van der Waals surface area contributed by atoms with Gasteiger partial charge in [0, 0.05) is 38.1 Å². The van der Waals surface area contributed by atoms with E-state index in [2.05, 4.69) is 30.4 Å². The van der Waals surface area contributed by atoms with E-state index >= 15 is 0 Å². The van der Waals surface area contributed by atoms with E-state index in [9.17, 15) is 18.0 Å². The van der Waals surface area contributed by atoms with Crippen LogP contribution in [-0.2, 0) is 7.05 Å². The fraction of sp³-hybridized carbons (Fsp3) is 0.455. The molecule has 1 amide bonds. The number of amides is 1. The quantitative estimate of drug-likeness (QED) is 0.607. The van der Waals surface area contributed by atoms with Crippen LogP contribution in [0.3, 0.4) is 0 Å². The van der Waals surface area contributed by atoms with Gasteiger partial charge < -0.3 is 10.2 Å². The Balaban J connectivity index is 1.68. The lowest BCUT2D eigenvalue weighted by Crippen LogP contribution is -2.57. The van der Waals surface area contributed by atoms with Crippen molar-refractivity contribution >= 4 is 11.9 Å². The Morgan fingerprint density at radius 1 is 1.15 bits per heavy atom. The predicted octanol–water partition coefficient (Wildman–Crippen LogP) is 3.02. The van der Waals surface area contributed by atoms with E-state index in [4.69, 9.17) is 0 Å². The Morgan fingerprint density at radius 3 is 2.44 bits per heavy atom. The average molecular weight is 474 g/mol. The predicted molar refractivity (Wildman–Crippen MR) is 118 cm³/mol. The SMILES string of the molecule is Cc1cnc(NC[C@@H]2[C@H](C)CC(F)(F)CN2C(=O)c2nn(C)c(C)c2-c2ncc(F)cn2)nc1. The number of rotatable bonds is 5. The van der Waals surface area contributed by atoms with Gasteiger partial charge in [-0.3, -0.25) is 9.48 Å². The summed E-state index contributed by atoms with van der Waals surface area (Å²) < 4.78 is 44.0. The van der Waals surface area contributed by atoms with E-state index in [0.717, 1.165) is 22.9 Å². The summed E-state index contributed by atoms with van der Waals surface area (Å²) in [5.74, 6) is -4.43. The third-order valence-corrected chi connectivity index (χ3v) is 5.97. The highest BCUT2D eigenvalue weighted by Crippen LogP contribution is 2.36. The lowest BCUT2D eigenvalue weighted by Gasteiger charge is -2.43. The van der Waals surface area contributed by atoms with E-state index in [1.807, 2.05) is 6.92 Å². The smallest absolute Gasteiger partial charge is 0.275 e. The van der Waals surface area contributed by atoms with Crippen molar-refractivity contribution in [1.82, 2.24) is 34.6 Å². The first-order chi connectivity index (χ1) is 16.1. The number of aryl methyl sites for hydroxylation is 2. The van der Waals surface area contributed by atoms with Gasteiger partial charge in [0.05, 0.1) is 30.5 Å². The Kier molecular flexibility index (Phi) is 6.24. The molecule has 0 saturated carbocycles. The molecule has 4 heterocycles. The molecule has 1 aliphatic heterocycles. The number of likely N-dealkylation sites (tertiary alicyclic amines) is 1. The number of anilines is 1. The average Bonchev–Trinajstić information content (AvgIpc) is 3.08. The molecule has 2 atom stereocenters. The second kappa shape index (κ2) is 8.99. The highest BCUT2D eigenvalue weighted by molar-refractivity contribution is 5.99. The van der Waals surface area contributed by atoms with Gasteiger partial charge in [0.15, 0.2) is 17.3 Å². The summed E-state index contributed by atoms with van der Waals surface area (Å²) in [6, 6.07) is -0.568. The van der Waals surface area contributed by atoms with Crippen LogP contribution in [0.5, 0.6) is 0 Å². The second-order valence-corrected chi connectivity index (χ2v) is 8.66. The van der Waals surface area contributed by atoms with E-state index in [1.165, 1.54) is 4.68 Å². The van der Waals surface area contributed by atoms with Gasteiger partial charge in [-0.25, -0.2) is 33.1 Å². The largest absolute Gasteiger partial charge is 0.352 e. The number of halogens is 3. The number of carbonyl (C=O) groups excluding carboxylic acids is 1. The number of aromatic nitrogens is 6. The van der Waals surface area contributed by atoms with Crippen molar-refractivity contribution < 1.29 is 18.0 Å². The van der Waals surface area contributed by atoms with Crippen molar-refractivity contribution in [2.45, 2.75) is 39.2 Å². The summed E-state index contributed by atoms with van der Waals surface area (Å²) in [5.41, 5.74) is 1.65. The number of nitrogens with one attached hydrogen (secondary N) is 1. The maximum Gasteiger partial charge on any atom is 0.275 e. The summed E-state index contributed by atoms with van der Waals surface area (Å²) in [5, 5.41) is 7.33. The third kappa shape index (κ3) is 4.70. The molecule has 12 heteroatoms. The fourth-order valence-electron chi connectivity index (χ4n) is 4.16. The number of piperidine rings is 1. The van der Waals surface area contributed by atoms with Crippen LogP contribution in [-0.4, -0.2) is 65.6 Å². The van der Waals surface area contributed by atoms with Gasteiger partial charge in [-0.05, 0) is 25.3 Å². The molecule has 1 N–H and O–H groups in total. The first-order valence-corrected chi connectivity index (χ1v) is 10.8. The molecule has 9 nitrogen and oxygen atoms in total. The molecule has 0 unspecified atom stereocenters. The van der Waals surface area contributed by atoms with Crippen LogP contribution in [0.15, 0.2) is 24.8 Å². The van der Waals surface area contributed by atoms with E-state index in [1.54, 1.807) is 33.3 Å². The highest BCUT2D eigenvalue weighted by atomic mass is 19.3. The van der Waals surface area contributed by atoms with Crippen molar-refractivity contribution in [2.75, 3.05) is 18.4 Å². The molecule has 1 fully saturated rings. The molecule has 4 rings (SSSR count). The van der Waals surface area contributed by atoms with Gasteiger partial charge in [-0.15, -0.1) is 0 Å². The normalized spacial score (nSPS) is 19.8. The number of carbonyl (C=O) groups is 1. The van der Waals surface area contributed by atoms with Crippen molar-refractivity contribution in [3.05, 3.63) is 47.6 Å². The highest BCUT2D eigenvalue weighted by Gasteiger charge is 2.47. The van der Waals surface area contributed by atoms with Gasteiger partial charge in [0.1, 0.15) is 0 Å². The van der Waals surface area contributed by atoms with Crippen LogP contribution in [0.25, 0.3) is 11.4 Å². The zero-order valence-electron chi connectivity index (χ0n) is 19.3. The lowest BCUT2D eigenvalue weighted by molar-refractivity contribution is -0.0898. The van der Waals surface area contributed by atoms with Crippen LogP contribution < -0.4 is 5.32 Å². The minimum Gasteiger partial charge on any atom is -0.352 e. The minimum absolute atomic E-state index is 0.0619. The monoisotopic (exact) mass is 474 g/mol. The first-order valence-electron chi connectivity index (χ1n) is 10.8. The molecule has 34 heavy (non-hydrogen) atoms. The van der Waals surface area contributed by atoms with Crippen molar-refractivity contribution in [3.63, 3.8) is 0 Å². The molecule has 3 aromatic heterocycles. The standard InChI is InChI=1S/C22H25F3N8O/c1-12-6-28-21(29-7-12)30-10-16-13(2)5-22(24,25)11-33(16)20(34)18-17(14(3)32(4)31-18)19-26-8-15(23)9-27-19/h6-9,13,16H,5,10-11H2,1-4H3,(H,28,29,30)/t13-,16-/m1/s1. The summed E-state index contributed by atoms with van der Waals surface area (Å²) in [4.78, 5) is 31.1. The number of hydrogen-bond acceptors (Lipinski definition) is 7. The molecule has 1 aliphatic rings. The van der Waals surface area contributed by atoms with Crippen molar-refractivity contribution in [3.8, 4) is 11.4 Å². The summed E-state index contributed by atoms with van der Waals surface area (Å²) in [7, 11) is 1.63. The van der Waals surface area contributed by atoms with E-state index in [-0.39, 0.29) is 30.0 Å². The van der Waals surface area contributed by atoms with Gasteiger partial charge in [-0.2, -0.15) is 5.10 Å². The molecule has 3 aromatic rings. The summed E-state index contributed by atoms with van der Waals surface area (Å²) in [6.45, 7) is 4.67. The Morgan fingerprint density at radius 2 is 1.79 bits per heavy atom. The molecule has 0 aliphatic carbocycles. The van der Waals surface area contributed by atoms with Crippen molar-refractivity contribution in [1.29, 1.82) is 0 Å². The fourth-order valence-corrected chi connectivity index (χ4v) is 4.16. The van der Waals surface area contributed by atoms with Crippen molar-refractivity contribution in [2.24, 2.45) is 13.0 Å². The molecular formula is C22H25F3N8O. The van der Waals surface area contributed by atoms with Crippen LogP contribution in [0.2, 0.25) is 0 Å². The molecule has 0 radical (unpaired) electrons. The molecule has 1 saturated heterocycles. The van der Waals surface area contributed by atoms with Gasteiger partial charge in [-0.1, -0.05) is 6.92 Å². The molecule has 0 aromatic carbocycles. The first kappa shape index (κ1) is 23.6. The number of nitrogens with zero attached hydrogens (tertiary/aromatic N) is 7. The zero-order valence-corrected chi connectivity index (χ0v) is 19.3. The van der Waals surface area contributed by atoms with Gasteiger partial charge in [0.2, 0.25) is 5.95 Å². The third-order valence-electron chi connectivity index (χ3n) is 5.97. The van der Waals surface area contributed by atoms with Crippen LogP contribution in [0.1, 0.15) is 35.1 Å². The Hall–Kier alpha value is -3.57. The van der Waals surface area contributed by atoms with E-state index < -0.39 is 36.2 Å². The molecule has 0 spiro atoms. The molecular weight excluding hydrogens is 449 g/mol. The maximum atomic E-state index is 14.6. The number of hydrogen-bond donors (Lipinski definition) is 1. The van der Waals surface area contributed by atoms with E-state index in [0.29, 0.717) is 11.6 Å². The maximum absolute atomic E-state index is 14.6. The van der Waals surface area contributed by atoms with Gasteiger partial charge in [0.25, 0.3) is 11.8 Å². The molecule has 0 bridgehead atoms. The summed E-state index contributed by atoms with van der Waals surface area (Å²) in [6.07, 6.45) is 4.89.